The van der Waals surface area contributed by atoms with Crippen LogP contribution in [0.25, 0.3) is 5.69 Å². The average Bonchev–Trinajstić information content (AvgIpc) is 3.16. The van der Waals surface area contributed by atoms with Crippen LogP contribution in [-0.4, -0.2) is 21.9 Å². The molecule has 4 nitrogen and oxygen atoms in total. The van der Waals surface area contributed by atoms with E-state index in [1.54, 1.807) is 19.2 Å². The minimum absolute atomic E-state index is 0.208. The third-order valence-electron chi connectivity index (χ3n) is 4.55. The van der Waals surface area contributed by atoms with Crippen LogP contribution in [0.4, 0.5) is 4.39 Å². The number of benzene rings is 3. The van der Waals surface area contributed by atoms with Crippen LogP contribution in [0.3, 0.4) is 0 Å². The van der Waals surface area contributed by atoms with Gasteiger partial charge in [0.15, 0.2) is 5.16 Å². The molecule has 0 saturated heterocycles. The maximum absolute atomic E-state index is 14.0. The molecule has 3 aromatic carbocycles. The zero-order valence-electron chi connectivity index (χ0n) is 16.0. The molecule has 0 amide bonds. The molecule has 4 rings (SSSR count). The molecule has 146 valence electrons. The number of ether oxygens (including phenoxy) is 1. The SMILES string of the molecule is COc1ccc(-n2c(Cc3ccccc3)nnc2SCc2ccccc2F)cc1. The van der Waals surface area contributed by atoms with Gasteiger partial charge in [-0.25, -0.2) is 4.39 Å². The van der Waals surface area contributed by atoms with Crippen LogP contribution in [0, 0.1) is 5.82 Å². The van der Waals surface area contributed by atoms with Crippen molar-refractivity contribution in [1.29, 1.82) is 0 Å². The summed E-state index contributed by atoms with van der Waals surface area (Å²) >= 11 is 1.47. The zero-order valence-corrected chi connectivity index (χ0v) is 16.8. The van der Waals surface area contributed by atoms with Gasteiger partial charge in [0.2, 0.25) is 0 Å². The maximum Gasteiger partial charge on any atom is 0.196 e. The summed E-state index contributed by atoms with van der Waals surface area (Å²) in [5, 5.41) is 9.56. The van der Waals surface area contributed by atoms with Gasteiger partial charge < -0.3 is 4.74 Å². The van der Waals surface area contributed by atoms with Gasteiger partial charge in [-0.3, -0.25) is 4.57 Å². The Morgan fingerprint density at radius 2 is 1.62 bits per heavy atom. The average molecular weight is 405 g/mol. The van der Waals surface area contributed by atoms with E-state index < -0.39 is 0 Å². The van der Waals surface area contributed by atoms with Gasteiger partial charge in [0, 0.05) is 17.9 Å². The monoisotopic (exact) mass is 405 g/mol. The van der Waals surface area contributed by atoms with E-state index in [4.69, 9.17) is 4.74 Å². The molecule has 1 aromatic heterocycles. The van der Waals surface area contributed by atoms with E-state index in [2.05, 4.69) is 22.3 Å². The summed E-state index contributed by atoms with van der Waals surface area (Å²) in [6, 6.07) is 24.7. The lowest BCUT2D eigenvalue weighted by molar-refractivity contribution is 0.414. The number of hydrogen-bond donors (Lipinski definition) is 0. The smallest absolute Gasteiger partial charge is 0.196 e. The molecule has 0 spiro atoms. The fraction of sp³-hybridized carbons (Fsp3) is 0.130. The minimum atomic E-state index is -0.208. The Morgan fingerprint density at radius 1 is 0.897 bits per heavy atom. The highest BCUT2D eigenvalue weighted by molar-refractivity contribution is 7.98. The molecule has 0 unspecified atom stereocenters. The molecule has 0 saturated carbocycles. The Labute approximate surface area is 173 Å². The van der Waals surface area contributed by atoms with E-state index in [0.717, 1.165) is 28.0 Å². The van der Waals surface area contributed by atoms with E-state index in [9.17, 15) is 4.39 Å². The molecule has 0 bridgehead atoms. The summed E-state index contributed by atoms with van der Waals surface area (Å²) in [5.41, 5.74) is 2.74. The summed E-state index contributed by atoms with van der Waals surface area (Å²) < 4.78 is 21.3. The van der Waals surface area contributed by atoms with Crippen LogP contribution < -0.4 is 4.74 Å². The summed E-state index contributed by atoms with van der Waals surface area (Å²) in [5.74, 6) is 1.89. The Morgan fingerprint density at radius 3 is 2.34 bits per heavy atom. The number of hydrogen-bond acceptors (Lipinski definition) is 4. The molecule has 0 atom stereocenters. The highest BCUT2D eigenvalue weighted by Gasteiger charge is 2.16. The number of aromatic nitrogens is 3. The van der Waals surface area contributed by atoms with Crippen molar-refractivity contribution in [3.05, 3.63) is 102 Å². The van der Waals surface area contributed by atoms with Crippen molar-refractivity contribution in [2.24, 2.45) is 0 Å². The number of nitrogens with zero attached hydrogens (tertiary/aromatic N) is 3. The van der Waals surface area contributed by atoms with E-state index in [1.807, 2.05) is 53.1 Å². The van der Waals surface area contributed by atoms with Gasteiger partial charge in [0.25, 0.3) is 0 Å². The van der Waals surface area contributed by atoms with Crippen LogP contribution >= 0.6 is 11.8 Å². The van der Waals surface area contributed by atoms with Crippen LogP contribution in [0.1, 0.15) is 17.0 Å². The first-order valence-electron chi connectivity index (χ1n) is 9.23. The third-order valence-corrected chi connectivity index (χ3v) is 5.53. The van der Waals surface area contributed by atoms with Crippen molar-refractivity contribution < 1.29 is 9.13 Å². The van der Waals surface area contributed by atoms with Crippen molar-refractivity contribution in [3.63, 3.8) is 0 Å². The molecule has 0 aliphatic rings. The Hall–Kier alpha value is -3.12. The summed E-state index contributed by atoms with van der Waals surface area (Å²) in [6.07, 6.45) is 0.653. The largest absolute Gasteiger partial charge is 0.497 e. The van der Waals surface area contributed by atoms with Crippen molar-refractivity contribution in [2.75, 3.05) is 7.11 Å². The van der Waals surface area contributed by atoms with Gasteiger partial charge in [-0.2, -0.15) is 0 Å². The molecule has 6 heteroatoms. The summed E-state index contributed by atoms with van der Waals surface area (Å²) in [6.45, 7) is 0. The molecule has 0 radical (unpaired) electrons. The van der Waals surface area contributed by atoms with Crippen molar-refractivity contribution in [2.45, 2.75) is 17.3 Å². The Balaban J connectivity index is 1.67. The molecule has 0 fully saturated rings. The lowest BCUT2D eigenvalue weighted by atomic mass is 10.1. The lowest BCUT2D eigenvalue weighted by Gasteiger charge is -2.11. The van der Waals surface area contributed by atoms with Gasteiger partial charge >= 0.3 is 0 Å². The first-order chi connectivity index (χ1) is 14.2. The van der Waals surface area contributed by atoms with Crippen LogP contribution in [0.5, 0.6) is 5.75 Å². The summed E-state index contributed by atoms with van der Waals surface area (Å²) in [7, 11) is 1.64. The predicted molar refractivity (Wildman–Crippen MR) is 113 cm³/mol. The van der Waals surface area contributed by atoms with Crippen molar-refractivity contribution >= 4 is 11.8 Å². The second-order valence-corrected chi connectivity index (χ2v) is 7.42. The van der Waals surface area contributed by atoms with Crippen LogP contribution in [0.2, 0.25) is 0 Å². The number of thioether (sulfide) groups is 1. The molecule has 1 heterocycles. The highest BCUT2D eigenvalue weighted by Crippen LogP contribution is 2.28. The van der Waals surface area contributed by atoms with Gasteiger partial charge in [0.05, 0.1) is 7.11 Å². The van der Waals surface area contributed by atoms with Crippen LogP contribution in [-0.2, 0) is 12.2 Å². The van der Waals surface area contributed by atoms with Gasteiger partial charge in [0.1, 0.15) is 17.4 Å². The fourth-order valence-electron chi connectivity index (χ4n) is 3.04. The maximum atomic E-state index is 14.0. The normalized spacial score (nSPS) is 10.8. The molecular weight excluding hydrogens is 385 g/mol. The molecular formula is C23H20FN3OS. The van der Waals surface area contributed by atoms with Crippen molar-refractivity contribution in [1.82, 2.24) is 14.8 Å². The molecule has 4 aromatic rings. The summed E-state index contributed by atoms with van der Waals surface area (Å²) in [4.78, 5) is 0. The minimum Gasteiger partial charge on any atom is -0.497 e. The van der Waals surface area contributed by atoms with Crippen LogP contribution in [0.15, 0.2) is 84.0 Å². The van der Waals surface area contributed by atoms with E-state index in [-0.39, 0.29) is 5.82 Å². The first-order valence-corrected chi connectivity index (χ1v) is 10.2. The number of methoxy groups -OCH3 is 1. The zero-order chi connectivity index (χ0) is 20.1. The quantitative estimate of drug-likeness (QED) is 0.391. The number of rotatable bonds is 7. The van der Waals surface area contributed by atoms with Crippen molar-refractivity contribution in [3.8, 4) is 11.4 Å². The highest BCUT2D eigenvalue weighted by atomic mass is 32.2. The second kappa shape index (κ2) is 8.92. The predicted octanol–water partition coefficient (Wildman–Crippen LogP) is 5.30. The molecule has 0 aliphatic heterocycles. The Bertz CT molecular complexity index is 1080. The van der Waals surface area contributed by atoms with E-state index >= 15 is 0 Å². The molecule has 29 heavy (non-hydrogen) atoms. The fourth-order valence-corrected chi connectivity index (χ4v) is 3.99. The Kier molecular flexibility index (Phi) is 5.91. The van der Waals surface area contributed by atoms with E-state index in [1.165, 1.54) is 17.8 Å². The number of halogens is 1. The molecule has 0 aliphatic carbocycles. The van der Waals surface area contributed by atoms with Gasteiger partial charge in [-0.1, -0.05) is 60.3 Å². The van der Waals surface area contributed by atoms with Gasteiger partial charge in [-0.05, 0) is 41.5 Å². The third kappa shape index (κ3) is 4.49. The lowest BCUT2D eigenvalue weighted by Crippen LogP contribution is -2.04. The molecule has 0 N–H and O–H groups in total. The van der Waals surface area contributed by atoms with E-state index in [0.29, 0.717) is 17.7 Å². The first kappa shape index (κ1) is 19.2. The second-order valence-electron chi connectivity index (χ2n) is 6.47. The standard InChI is InChI=1S/C23H20FN3OS/c1-28-20-13-11-19(12-14-20)27-22(15-17-7-3-2-4-8-17)25-26-23(27)29-16-18-9-5-6-10-21(18)24/h2-14H,15-16H2,1H3. The topological polar surface area (TPSA) is 39.9 Å². The van der Waals surface area contributed by atoms with Gasteiger partial charge in [-0.15, -0.1) is 10.2 Å².